The van der Waals surface area contributed by atoms with Crippen LogP contribution in [0.15, 0.2) is 77.7 Å². The van der Waals surface area contributed by atoms with Crippen LogP contribution in [0.3, 0.4) is 0 Å². The highest BCUT2D eigenvalue weighted by Gasteiger charge is 2.34. The lowest BCUT2D eigenvalue weighted by Crippen LogP contribution is -2.50. The zero-order valence-electron chi connectivity index (χ0n) is 23.0. The molecule has 41 heavy (non-hydrogen) atoms. The zero-order valence-corrected chi connectivity index (χ0v) is 24.5. The van der Waals surface area contributed by atoms with Crippen LogP contribution in [-0.4, -0.2) is 74.2 Å². The van der Waals surface area contributed by atoms with E-state index in [0.717, 1.165) is 0 Å². The molecule has 0 radical (unpaired) electrons. The van der Waals surface area contributed by atoms with Gasteiger partial charge in [-0.15, -0.1) is 0 Å². The maximum atomic E-state index is 13.7. The summed E-state index contributed by atoms with van der Waals surface area (Å²) in [6.07, 6.45) is -0.515. The van der Waals surface area contributed by atoms with Crippen molar-refractivity contribution in [2.45, 2.75) is 30.9 Å². The monoisotopic (exact) mass is 600 g/mol. The summed E-state index contributed by atoms with van der Waals surface area (Å²) in [6, 6.07) is 18.4. The first-order valence-corrected chi connectivity index (χ1v) is 14.9. The van der Waals surface area contributed by atoms with Crippen molar-refractivity contribution < 1.29 is 27.9 Å². The summed E-state index contributed by atoms with van der Waals surface area (Å²) in [4.78, 5) is 29.6. The van der Waals surface area contributed by atoms with E-state index in [1.165, 1.54) is 47.4 Å². The molecule has 0 saturated heterocycles. The Morgan fingerprint density at radius 2 is 1.80 bits per heavy atom. The van der Waals surface area contributed by atoms with Crippen molar-refractivity contribution in [3.8, 4) is 5.75 Å². The van der Waals surface area contributed by atoms with Crippen LogP contribution in [0.25, 0.3) is 0 Å². The van der Waals surface area contributed by atoms with Gasteiger partial charge in [0, 0.05) is 35.9 Å². The predicted octanol–water partition coefficient (Wildman–Crippen LogP) is 4.52. The van der Waals surface area contributed by atoms with Crippen LogP contribution in [-0.2, 0) is 10.0 Å². The molecule has 1 heterocycles. The minimum atomic E-state index is -3.96. The number of urea groups is 1. The SMILES string of the molecule is C[C@H]1CN([C@@H](C)CO)C(=O)c2cc(NS(=O)(=O)c3ccc(Cl)cc3)ccc2O[C@H]1CN(C)C(=O)Nc1ccccc1. The van der Waals surface area contributed by atoms with E-state index in [0.29, 0.717) is 10.7 Å². The zero-order chi connectivity index (χ0) is 29.7. The largest absolute Gasteiger partial charge is 0.487 e. The summed E-state index contributed by atoms with van der Waals surface area (Å²) in [6.45, 7) is 3.84. The van der Waals surface area contributed by atoms with Gasteiger partial charge in [0.15, 0.2) is 0 Å². The highest BCUT2D eigenvalue weighted by molar-refractivity contribution is 7.92. The second-order valence-corrected chi connectivity index (χ2v) is 12.2. The average molecular weight is 601 g/mol. The van der Waals surface area contributed by atoms with E-state index in [9.17, 15) is 23.1 Å². The summed E-state index contributed by atoms with van der Waals surface area (Å²) in [5, 5.41) is 13.1. The molecule has 0 unspecified atom stereocenters. The number of aliphatic hydroxyl groups excluding tert-OH is 1. The van der Waals surface area contributed by atoms with Crippen molar-refractivity contribution in [3.63, 3.8) is 0 Å². The number of aliphatic hydroxyl groups is 1. The average Bonchev–Trinajstić information content (AvgIpc) is 2.95. The van der Waals surface area contributed by atoms with Gasteiger partial charge in [0.2, 0.25) is 0 Å². The topological polar surface area (TPSA) is 128 Å². The van der Waals surface area contributed by atoms with Gasteiger partial charge in [-0.05, 0) is 61.5 Å². The molecule has 1 aliphatic heterocycles. The molecular weight excluding hydrogens is 568 g/mol. The number of halogens is 1. The molecule has 3 amide bonds. The molecule has 0 saturated carbocycles. The first-order chi connectivity index (χ1) is 19.5. The number of anilines is 2. The Hall–Kier alpha value is -3.80. The fourth-order valence-electron chi connectivity index (χ4n) is 4.42. The van der Waals surface area contributed by atoms with E-state index in [1.54, 1.807) is 31.0 Å². The molecule has 0 spiro atoms. The van der Waals surface area contributed by atoms with Gasteiger partial charge >= 0.3 is 6.03 Å². The first kappa shape index (κ1) is 30.2. The number of benzene rings is 3. The Balaban J connectivity index is 1.62. The van der Waals surface area contributed by atoms with E-state index in [1.807, 2.05) is 25.1 Å². The molecular formula is C29H33ClN4O6S. The van der Waals surface area contributed by atoms with Crippen molar-refractivity contribution in [3.05, 3.63) is 83.4 Å². The first-order valence-electron chi connectivity index (χ1n) is 13.1. The maximum Gasteiger partial charge on any atom is 0.321 e. The molecule has 0 fully saturated rings. The third kappa shape index (κ3) is 7.29. The number of para-hydroxylation sites is 1. The van der Waals surface area contributed by atoms with Gasteiger partial charge in [-0.2, -0.15) is 0 Å². The van der Waals surface area contributed by atoms with Crippen LogP contribution in [0.5, 0.6) is 5.75 Å². The lowest BCUT2D eigenvalue weighted by atomic mass is 9.99. The van der Waals surface area contributed by atoms with E-state index >= 15 is 0 Å². The van der Waals surface area contributed by atoms with Gasteiger partial charge < -0.3 is 25.0 Å². The minimum absolute atomic E-state index is 0.0115. The second-order valence-electron chi connectivity index (χ2n) is 10.1. The van der Waals surface area contributed by atoms with Gasteiger partial charge in [0.1, 0.15) is 11.9 Å². The number of hydrogen-bond acceptors (Lipinski definition) is 6. The third-order valence-electron chi connectivity index (χ3n) is 6.87. The van der Waals surface area contributed by atoms with E-state index in [-0.39, 0.29) is 53.5 Å². The number of carbonyl (C=O) groups excluding carboxylic acids is 2. The van der Waals surface area contributed by atoms with E-state index in [4.69, 9.17) is 16.3 Å². The van der Waals surface area contributed by atoms with Gasteiger partial charge in [-0.3, -0.25) is 9.52 Å². The Labute approximate surface area is 244 Å². The highest BCUT2D eigenvalue weighted by Crippen LogP contribution is 2.31. The number of nitrogens with one attached hydrogen (secondary N) is 2. The number of fused-ring (bicyclic) bond motifs is 1. The Morgan fingerprint density at radius 1 is 1.12 bits per heavy atom. The predicted molar refractivity (Wildman–Crippen MR) is 158 cm³/mol. The van der Waals surface area contributed by atoms with Gasteiger partial charge in [0.25, 0.3) is 15.9 Å². The molecule has 3 atom stereocenters. The van der Waals surface area contributed by atoms with Crippen molar-refractivity contribution >= 4 is 44.9 Å². The molecule has 0 aromatic heterocycles. The second kappa shape index (κ2) is 12.8. The van der Waals surface area contributed by atoms with Gasteiger partial charge in [0.05, 0.1) is 29.7 Å². The standard InChI is InChI=1S/C29H33ClN4O6S/c1-19-16-34(20(2)18-35)28(36)25-15-23(32-41(38,39)24-12-9-21(30)10-13-24)11-14-26(25)40-27(19)17-33(3)29(37)31-22-7-5-4-6-8-22/h4-15,19-20,27,32,35H,16-18H2,1-3H3,(H,31,37)/t19-,20-,27-/m0/s1. The van der Waals surface area contributed by atoms with Crippen molar-refractivity contribution in [1.29, 1.82) is 0 Å². The maximum absolute atomic E-state index is 13.7. The Kier molecular flexibility index (Phi) is 9.42. The fourth-order valence-corrected chi connectivity index (χ4v) is 5.60. The van der Waals surface area contributed by atoms with Crippen molar-refractivity contribution in [1.82, 2.24) is 9.80 Å². The number of hydrogen-bond donors (Lipinski definition) is 3. The molecule has 3 aromatic carbocycles. The number of carbonyl (C=O) groups is 2. The highest BCUT2D eigenvalue weighted by atomic mass is 35.5. The molecule has 4 rings (SSSR count). The van der Waals surface area contributed by atoms with Crippen LogP contribution < -0.4 is 14.8 Å². The molecule has 12 heteroatoms. The number of amides is 3. The number of ether oxygens (including phenoxy) is 1. The molecule has 3 aromatic rings. The Bertz CT molecular complexity index is 1490. The van der Waals surface area contributed by atoms with Crippen LogP contribution in [0.1, 0.15) is 24.2 Å². The smallest absolute Gasteiger partial charge is 0.321 e. The molecule has 10 nitrogen and oxygen atoms in total. The normalized spacial score (nSPS) is 17.9. The number of likely N-dealkylation sites (N-methyl/N-ethyl adjacent to an activating group) is 1. The molecule has 3 N–H and O–H groups in total. The van der Waals surface area contributed by atoms with Gasteiger partial charge in [-0.1, -0.05) is 36.7 Å². The lowest BCUT2D eigenvalue weighted by molar-refractivity contribution is 0.0371. The van der Waals surface area contributed by atoms with Crippen LogP contribution in [0.4, 0.5) is 16.2 Å². The number of sulfonamides is 1. The summed E-state index contributed by atoms with van der Waals surface area (Å²) >= 11 is 5.89. The fraction of sp³-hybridized carbons (Fsp3) is 0.310. The van der Waals surface area contributed by atoms with Crippen LogP contribution >= 0.6 is 11.6 Å². The number of rotatable bonds is 8. The third-order valence-corrected chi connectivity index (χ3v) is 8.52. The van der Waals surface area contributed by atoms with E-state index in [2.05, 4.69) is 10.0 Å². The summed E-state index contributed by atoms with van der Waals surface area (Å²) < 4.78 is 34.7. The molecule has 1 aliphatic rings. The summed E-state index contributed by atoms with van der Waals surface area (Å²) in [7, 11) is -2.31. The number of nitrogens with zero attached hydrogens (tertiary/aromatic N) is 2. The van der Waals surface area contributed by atoms with Crippen molar-refractivity contribution in [2.24, 2.45) is 5.92 Å². The minimum Gasteiger partial charge on any atom is -0.487 e. The van der Waals surface area contributed by atoms with Crippen LogP contribution in [0.2, 0.25) is 5.02 Å². The quantitative estimate of drug-likeness (QED) is 0.349. The molecule has 0 aliphatic carbocycles. The summed E-state index contributed by atoms with van der Waals surface area (Å²) in [5.74, 6) is -0.376. The molecule has 0 bridgehead atoms. The van der Waals surface area contributed by atoms with E-state index < -0.39 is 28.1 Å². The Morgan fingerprint density at radius 3 is 2.46 bits per heavy atom. The van der Waals surface area contributed by atoms with Crippen molar-refractivity contribution in [2.75, 3.05) is 36.8 Å². The van der Waals surface area contributed by atoms with Gasteiger partial charge in [-0.25, -0.2) is 13.2 Å². The summed E-state index contributed by atoms with van der Waals surface area (Å²) in [5.41, 5.74) is 0.954. The van der Waals surface area contributed by atoms with Crippen LogP contribution in [0, 0.1) is 5.92 Å². The lowest BCUT2D eigenvalue weighted by Gasteiger charge is -2.38. The molecule has 218 valence electrons.